The van der Waals surface area contributed by atoms with Crippen LogP contribution in [-0.2, 0) is 9.53 Å². The number of nitrogens with zero attached hydrogens (tertiary/aromatic N) is 2. The third-order valence-corrected chi connectivity index (χ3v) is 4.31. The van der Waals surface area contributed by atoms with Gasteiger partial charge in [0, 0.05) is 38.6 Å². The molecule has 4 heteroatoms. The summed E-state index contributed by atoms with van der Waals surface area (Å²) in [5.74, 6) is 0.786. The van der Waals surface area contributed by atoms with Crippen LogP contribution in [0.4, 0.5) is 0 Å². The average Bonchev–Trinajstić information content (AvgIpc) is 2.26. The van der Waals surface area contributed by atoms with Crippen molar-refractivity contribution < 1.29 is 9.53 Å². The minimum atomic E-state index is -0.0383. The van der Waals surface area contributed by atoms with E-state index in [9.17, 15) is 4.79 Å². The summed E-state index contributed by atoms with van der Waals surface area (Å²) < 4.78 is 6.07. The van der Waals surface area contributed by atoms with Crippen LogP contribution in [0.3, 0.4) is 0 Å². The fourth-order valence-corrected chi connectivity index (χ4v) is 3.23. The van der Waals surface area contributed by atoms with Gasteiger partial charge >= 0.3 is 0 Å². The van der Waals surface area contributed by atoms with Gasteiger partial charge in [-0.2, -0.15) is 0 Å². The van der Waals surface area contributed by atoms with Crippen LogP contribution in [0.5, 0.6) is 0 Å². The Kier molecular flexibility index (Phi) is 5.31. The summed E-state index contributed by atoms with van der Waals surface area (Å²) in [6.07, 6.45) is 3.33. The van der Waals surface area contributed by atoms with Crippen molar-refractivity contribution in [3.63, 3.8) is 0 Å². The van der Waals surface area contributed by atoms with Crippen molar-refractivity contribution in [1.82, 2.24) is 9.80 Å². The average molecular weight is 296 g/mol. The Morgan fingerprint density at radius 3 is 2.24 bits per heavy atom. The quantitative estimate of drug-likeness (QED) is 0.799. The molecule has 0 spiro atoms. The molecule has 0 N–H and O–H groups in total. The first-order valence-corrected chi connectivity index (χ1v) is 8.44. The number of amides is 1. The Bertz CT molecular complexity index is 348. The number of piperidine rings is 1. The predicted molar refractivity (Wildman–Crippen MR) is 85.3 cm³/mol. The van der Waals surface area contributed by atoms with Crippen LogP contribution in [-0.4, -0.2) is 59.6 Å². The van der Waals surface area contributed by atoms with E-state index in [1.54, 1.807) is 0 Å². The van der Waals surface area contributed by atoms with Crippen LogP contribution < -0.4 is 0 Å². The lowest BCUT2D eigenvalue weighted by Gasteiger charge is -2.48. The summed E-state index contributed by atoms with van der Waals surface area (Å²) in [5, 5.41) is 0. The second-order valence-corrected chi connectivity index (χ2v) is 8.02. The Labute approximate surface area is 129 Å². The molecule has 2 saturated heterocycles. The number of likely N-dealkylation sites (tertiary alicyclic amines) is 2. The third kappa shape index (κ3) is 4.96. The van der Waals surface area contributed by atoms with E-state index in [0.29, 0.717) is 30.4 Å². The molecule has 0 aromatic rings. The molecule has 2 rings (SSSR count). The van der Waals surface area contributed by atoms with Crippen molar-refractivity contribution in [3.05, 3.63) is 0 Å². The maximum absolute atomic E-state index is 12.0. The highest BCUT2D eigenvalue weighted by atomic mass is 16.5. The SMILES string of the molecule is CC(C)CC(=O)N1CC(N2CCC(OC(C)(C)C)CC2)C1. The van der Waals surface area contributed by atoms with E-state index < -0.39 is 0 Å². The topological polar surface area (TPSA) is 32.8 Å². The van der Waals surface area contributed by atoms with Crippen molar-refractivity contribution >= 4 is 5.91 Å². The number of carbonyl (C=O) groups excluding carboxylic acids is 1. The molecule has 122 valence electrons. The van der Waals surface area contributed by atoms with E-state index in [-0.39, 0.29) is 5.60 Å². The van der Waals surface area contributed by atoms with Crippen LogP contribution in [0, 0.1) is 5.92 Å². The standard InChI is InChI=1S/C17H32N2O2/c1-13(2)10-16(20)19-11-14(12-19)18-8-6-15(7-9-18)21-17(3,4)5/h13-15H,6-12H2,1-5H3. The van der Waals surface area contributed by atoms with Gasteiger partial charge in [-0.05, 0) is 39.5 Å². The van der Waals surface area contributed by atoms with E-state index in [2.05, 4.69) is 39.5 Å². The van der Waals surface area contributed by atoms with Crippen LogP contribution >= 0.6 is 0 Å². The number of ether oxygens (including phenoxy) is 1. The molecule has 0 aromatic carbocycles. The van der Waals surface area contributed by atoms with E-state index in [1.165, 1.54) is 0 Å². The molecule has 0 atom stereocenters. The molecule has 0 saturated carbocycles. The highest BCUT2D eigenvalue weighted by molar-refractivity contribution is 5.77. The molecule has 2 aliphatic heterocycles. The molecule has 21 heavy (non-hydrogen) atoms. The molecule has 0 aromatic heterocycles. The van der Waals surface area contributed by atoms with Crippen LogP contribution in [0.2, 0.25) is 0 Å². The van der Waals surface area contributed by atoms with E-state index in [0.717, 1.165) is 39.0 Å². The van der Waals surface area contributed by atoms with Gasteiger partial charge in [-0.25, -0.2) is 0 Å². The number of hydrogen-bond acceptors (Lipinski definition) is 3. The predicted octanol–water partition coefficient (Wildman–Crippen LogP) is 2.52. The first-order chi connectivity index (χ1) is 9.74. The summed E-state index contributed by atoms with van der Waals surface area (Å²) in [5.41, 5.74) is -0.0383. The molecule has 0 aliphatic carbocycles. The van der Waals surface area contributed by atoms with Gasteiger partial charge in [-0.3, -0.25) is 9.69 Å². The summed E-state index contributed by atoms with van der Waals surface area (Å²) in [7, 11) is 0. The van der Waals surface area contributed by atoms with Gasteiger partial charge in [-0.1, -0.05) is 13.8 Å². The fraction of sp³-hybridized carbons (Fsp3) is 0.941. The smallest absolute Gasteiger partial charge is 0.222 e. The van der Waals surface area contributed by atoms with Gasteiger partial charge in [0.1, 0.15) is 0 Å². The largest absolute Gasteiger partial charge is 0.373 e. The maximum Gasteiger partial charge on any atom is 0.222 e. The van der Waals surface area contributed by atoms with Crippen molar-refractivity contribution in [2.75, 3.05) is 26.2 Å². The van der Waals surface area contributed by atoms with Crippen LogP contribution in [0.15, 0.2) is 0 Å². The van der Waals surface area contributed by atoms with Gasteiger partial charge in [0.15, 0.2) is 0 Å². The second-order valence-electron chi connectivity index (χ2n) is 8.02. The first-order valence-electron chi connectivity index (χ1n) is 8.44. The summed E-state index contributed by atoms with van der Waals surface area (Å²) in [6.45, 7) is 14.7. The highest BCUT2D eigenvalue weighted by Crippen LogP contribution is 2.24. The zero-order chi connectivity index (χ0) is 15.6. The van der Waals surface area contributed by atoms with Crippen LogP contribution in [0.1, 0.15) is 53.9 Å². The molecule has 0 radical (unpaired) electrons. The van der Waals surface area contributed by atoms with Crippen molar-refractivity contribution in [3.8, 4) is 0 Å². The van der Waals surface area contributed by atoms with Gasteiger partial charge in [-0.15, -0.1) is 0 Å². The van der Waals surface area contributed by atoms with Crippen LogP contribution in [0.25, 0.3) is 0 Å². The summed E-state index contributed by atoms with van der Waals surface area (Å²) >= 11 is 0. The molecule has 2 heterocycles. The molecule has 0 bridgehead atoms. The number of carbonyl (C=O) groups is 1. The monoisotopic (exact) mass is 296 g/mol. The Morgan fingerprint density at radius 2 is 1.76 bits per heavy atom. The minimum absolute atomic E-state index is 0.0383. The second kappa shape index (κ2) is 6.66. The van der Waals surface area contributed by atoms with E-state index >= 15 is 0 Å². The van der Waals surface area contributed by atoms with Crippen molar-refractivity contribution in [2.24, 2.45) is 5.92 Å². The zero-order valence-electron chi connectivity index (χ0n) is 14.4. The first kappa shape index (κ1) is 16.8. The molecular weight excluding hydrogens is 264 g/mol. The molecule has 2 aliphatic rings. The highest BCUT2D eigenvalue weighted by Gasteiger charge is 2.36. The lowest BCUT2D eigenvalue weighted by molar-refractivity contribution is -0.141. The van der Waals surface area contributed by atoms with Crippen molar-refractivity contribution in [2.45, 2.75) is 71.6 Å². The molecule has 0 unspecified atom stereocenters. The Morgan fingerprint density at radius 1 is 1.19 bits per heavy atom. The van der Waals surface area contributed by atoms with Gasteiger partial charge in [0.05, 0.1) is 11.7 Å². The summed E-state index contributed by atoms with van der Waals surface area (Å²) in [6, 6.07) is 0.580. The minimum Gasteiger partial charge on any atom is -0.373 e. The maximum atomic E-state index is 12.0. The normalized spacial score (nSPS) is 22.7. The van der Waals surface area contributed by atoms with E-state index in [4.69, 9.17) is 4.74 Å². The lowest BCUT2D eigenvalue weighted by Crippen LogP contribution is -2.62. The Hall–Kier alpha value is -0.610. The molecular formula is C17H32N2O2. The van der Waals surface area contributed by atoms with Crippen molar-refractivity contribution in [1.29, 1.82) is 0 Å². The zero-order valence-corrected chi connectivity index (χ0v) is 14.4. The lowest BCUT2D eigenvalue weighted by atomic mass is 9.99. The third-order valence-electron chi connectivity index (χ3n) is 4.31. The Balaban J connectivity index is 1.67. The summed E-state index contributed by atoms with van der Waals surface area (Å²) in [4.78, 5) is 16.5. The molecule has 4 nitrogen and oxygen atoms in total. The molecule has 2 fully saturated rings. The van der Waals surface area contributed by atoms with Gasteiger partial charge in [0.25, 0.3) is 0 Å². The van der Waals surface area contributed by atoms with Gasteiger partial charge < -0.3 is 9.64 Å². The van der Waals surface area contributed by atoms with E-state index in [1.807, 2.05) is 4.90 Å². The molecule has 1 amide bonds. The number of rotatable bonds is 4. The fourth-order valence-electron chi connectivity index (χ4n) is 3.23. The van der Waals surface area contributed by atoms with Gasteiger partial charge in [0.2, 0.25) is 5.91 Å². The number of hydrogen-bond donors (Lipinski definition) is 0.